The van der Waals surface area contributed by atoms with Crippen molar-refractivity contribution in [2.45, 2.75) is 12.8 Å². The molecule has 0 radical (unpaired) electrons. The fourth-order valence-corrected chi connectivity index (χ4v) is 2.44. The van der Waals surface area contributed by atoms with Crippen LogP contribution >= 0.6 is 0 Å². The second-order valence-corrected chi connectivity index (χ2v) is 4.60. The SMILES string of the molecule is O=C(O)C1CCN(c2noc3ccccc23)CC1. The average Bonchev–Trinajstić information content (AvgIpc) is 2.82. The van der Waals surface area contributed by atoms with Crippen LogP contribution in [0.25, 0.3) is 11.0 Å². The molecule has 0 bridgehead atoms. The van der Waals surface area contributed by atoms with Gasteiger partial charge in [-0.05, 0) is 25.0 Å². The first-order chi connectivity index (χ1) is 8.75. The van der Waals surface area contributed by atoms with E-state index in [4.69, 9.17) is 9.63 Å². The summed E-state index contributed by atoms with van der Waals surface area (Å²) in [4.78, 5) is 13.0. The highest BCUT2D eigenvalue weighted by atomic mass is 16.5. The Hall–Kier alpha value is -2.04. The molecule has 1 fully saturated rings. The monoisotopic (exact) mass is 246 g/mol. The van der Waals surface area contributed by atoms with Crippen molar-refractivity contribution in [1.29, 1.82) is 0 Å². The van der Waals surface area contributed by atoms with Crippen LogP contribution in [-0.4, -0.2) is 29.3 Å². The van der Waals surface area contributed by atoms with Crippen molar-refractivity contribution in [2.75, 3.05) is 18.0 Å². The molecule has 3 rings (SSSR count). The van der Waals surface area contributed by atoms with Gasteiger partial charge in [0.2, 0.25) is 0 Å². The molecule has 0 unspecified atom stereocenters. The molecule has 2 heterocycles. The van der Waals surface area contributed by atoms with Crippen molar-refractivity contribution < 1.29 is 14.4 Å². The van der Waals surface area contributed by atoms with E-state index < -0.39 is 5.97 Å². The third-order valence-corrected chi connectivity index (χ3v) is 3.50. The standard InChI is InChI=1S/C13H14N2O3/c16-13(17)9-5-7-15(8-6-9)12-10-3-1-2-4-11(10)18-14-12/h1-4,9H,5-8H2,(H,16,17). The highest BCUT2D eigenvalue weighted by Gasteiger charge is 2.26. The summed E-state index contributed by atoms with van der Waals surface area (Å²) in [6.45, 7) is 1.43. The number of carbonyl (C=O) groups is 1. The summed E-state index contributed by atoms with van der Waals surface area (Å²) in [6, 6.07) is 7.72. The summed E-state index contributed by atoms with van der Waals surface area (Å²) in [7, 11) is 0. The van der Waals surface area contributed by atoms with Gasteiger partial charge in [-0.1, -0.05) is 17.3 Å². The third kappa shape index (κ3) is 1.81. The van der Waals surface area contributed by atoms with Crippen LogP contribution in [0.15, 0.2) is 28.8 Å². The molecule has 1 aromatic heterocycles. The molecule has 2 aromatic rings. The highest BCUT2D eigenvalue weighted by molar-refractivity contribution is 5.88. The zero-order valence-electron chi connectivity index (χ0n) is 9.87. The number of aromatic nitrogens is 1. The average molecular weight is 246 g/mol. The summed E-state index contributed by atoms with van der Waals surface area (Å²) in [5.41, 5.74) is 0.771. The number of fused-ring (bicyclic) bond motifs is 1. The van der Waals surface area contributed by atoms with Crippen LogP contribution < -0.4 is 4.90 Å². The molecule has 0 atom stereocenters. The van der Waals surface area contributed by atoms with E-state index in [0.29, 0.717) is 25.9 Å². The number of carboxylic acid groups (broad SMARTS) is 1. The van der Waals surface area contributed by atoms with Crippen LogP contribution in [0.1, 0.15) is 12.8 Å². The van der Waals surface area contributed by atoms with Gasteiger partial charge in [0, 0.05) is 13.1 Å². The molecule has 1 aliphatic heterocycles. The van der Waals surface area contributed by atoms with Gasteiger partial charge in [0.1, 0.15) is 0 Å². The van der Waals surface area contributed by atoms with Crippen LogP contribution in [-0.2, 0) is 4.79 Å². The topological polar surface area (TPSA) is 66.6 Å². The van der Waals surface area contributed by atoms with Crippen molar-refractivity contribution >= 4 is 22.8 Å². The lowest BCUT2D eigenvalue weighted by atomic mass is 9.97. The summed E-state index contributed by atoms with van der Waals surface area (Å²) in [5.74, 6) is -0.0893. The second kappa shape index (κ2) is 4.33. The maximum Gasteiger partial charge on any atom is 0.306 e. The lowest BCUT2D eigenvalue weighted by Crippen LogP contribution is -2.36. The number of hydrogen-bond acceptors (Lipinski definition) is 4. The van der Waals surface area contributed by atoms with E-state index in [1.807, 2.05) is 24.3 Å². The van der Waals surface area contributed by atoms with Gasteiger partial charge in [0.15, 0.2) is 11.4 Å². The molecule has 1 aliphatic rings. The van der Waals surface area contributed by atoms with Gasteiger partial charge in [0.25, 0.3) is 0 Å². The van der Waals surface area contributed by atoms with Gasteiger partial charge in [-0.3, -0.25) is 4.79 Å². The van der Waals surface area contributed by atoms with Crippen LogP contribution in [0, 0.1) is 5.92 Å². The molecular formula is C13H14N2O3. The fraction of sp³-hybridized carbons (Fsp3) is 0.385. The molecule has 0 amide bonds. The Morgan fingerprint density at radius 2 is 2.06 bits per heavy atom. The van der Waals surface area contributed by atoms with E-state index in [1.54, 1.807) is 0 Å². The summed E-state index contributed by atoms with van der Waals surface area (Å²) >= 11 is 0. The van der Waals surface area contributed by atoms with Crippen molar-refractivity contribution in [3.8, 4) is 0 Å². The summed E-state index contributed by atoms with van der Waals surface area (Å²) in [6.07, 6.45) is 1.33. The van der Waals surface area contributed by atoms with Gasteiger partial charge >= 0.3 is 5.97 Å². The Morgan fingerprint density at radius 1 is 1.33 bits per heavy atom. The first kappa shape index (κ1) is 11.1. The number of aliphatic carboxylic acids is 1. The van der Waals surface area contributed by atoms with Crippen LogP contribution in [0.2, 0.25) is 0 Å². The number of piperidine rings is 1. The van der Waals surface area contributed by atoms with Crippen molar-refractivity contribution in [1.82, 2.24) is 5.16 Å². The quantitative estimate of drug-likeness (QED) is 0.879. The Balaban J connectivity index is 1.82. The minimum absolute atomic E-state index is 0.223. The molecule has 1 N–H and O–H groups in total. The lowest BCUT2D eigenvalue weighted by molar-refractivity contribution is -0.142. The third-order valence-electron chi connectivity index (χ3n) is 3.50. The predicted molar refractivity (Wildman–Crippen MR) is 66.6 cm³/mol. The van der Waals surface area contributed by atoms with E-state index in [0.717, 1.165) is 16.8 Å². The van der Waals surface area contributed by atoms with Gasteiger partial charge < -0.3 is 14.5 Å². The number of carboxylic acids is 1. The van der Waals surface area contributed by atoms with E-state index in [-0.39, 0.29) is 5.92 Å². The van der Waals surface area contributed by atoms with Gasteiger partial charge in [-0.2, -0.15) is 0 Å². The number of para-hydroxylation sites is 1. The number of anilines is 1. The molecule has 5 nitrogen and oxygen atoms in total. The molecule has 18 heavy (non-hydrogen) atoms. The molecule has 1 aromatic carbocycles. The van der Waals surface area contributed by atoms with Crippen LogP contribution in [0.4, 0.5) is 5.82 Å². The smallest absolute Gasteiger partial charge is 0.306 e. The maximum atomic E-state index is 10.9. The molecule has 94 valence electrons. The minimum atomic E-state index is -0.695. The number of benzene rings is 1. The van der Waals surface area contributed by atoms with E-state index >= 15 is 0 Å². The Morgan fingerprint density at radius 3 is 2.78 bits per heavy atom. The van der Waals surface area contributed by atoms with Crippen LogP contribution in [0.5, 0.6) is 0 Å². The van der Waals surface area contributed by atoms with Gasteiger partial charge in [-0.25, -0.2) is 0 Å². The van der Waals surface area contributed by atoms with E-state index in [1.165, 1.54) is 0 Å². The van der Waals surface area contributed by atoms with Crippen molar-refractivity contribution in [3.05, 3.63) is 24.3 Å². The zero-order chi connectivity index (χ0) is 12.5. The second-order valence-electron chi connectivity index (χ2n) is 4.60. The first-order valence-electron chi connectivity index (χ1n) is 6.08. The lowest BCUT2D eigenvalue weighted by Gasteiger charge is -2.29. The fourth-order valence-electron chi connectivity index (χ4n) is 2.44. The molecule has 1 saturated heterocycles. The Labute approximate surface area is 104 Å². The Kier molecular flexibility index (Phi) is 2.66. The maximum absolute atomic E-state index is 10.9. The molecule has 5 heteroatoms. The summed E-state index contributed by atoms with van der Waals surface area (Å²) < 4.78 is 5.27. The predicted octanol–water partition coefficient (Wildman–Crippen LogP) is 2.13. The number of rotatable bonds is 2. The number of hydrogen-bond donors (Lipinski definition) is 1. The van der Waals surface area contributed by atoms with E-state index in [2.05, 4.69) is 10.1 Å². The normalized spacial score (nSPS) is 17.2. The largest absolute Gasteiger partial charge is 0.481 e. The van der Waals surface area contributed by atoms with Crippen LogP contribution in [0.3, 0.4) is 0 Å². The Bertz CT molecular complexity index is 570. The zero-order valence-corrected chi connectivity index (χ0v) is 9.87. The first-order valence-corrected chi connectivity index (χ1v) is 6.08. The molecule has 0 saturated carbocycles. The molecule has 0 aliphatic carbocycles. The molecular weight excluding hydrogens is 232 g/mol. The highest BCUT2D eigenvalue weighted by Crippen LogP contribution is 2.29. The summed E-state index contributed by atoms with van der Waals surface area (Å²) in [5, 5.41) is 14.1. The minimum Gasteiger partial charge on any atom is -0.481 e. The van der Waals surface area contributed by atoms with Crippen molar-refractivity contribution in [3.63, 3.8) is 0 Å². The molecule has 0 spiro atoms. The van der Waals surface area contributed by atoms with Gasteiger partial charge in [-0.15, -0.1) is 0 Å². The van der Waals surface area contributed by atoms with Gasteiger partial charge in [0.05, 0.1) is 11.3 Å². The van der Waals surface area contributed by atoms with Crippen molar-refractivity contribution in [2.24, 2.45) is 5.92 Å². The van der Waals surface area contributed by atoms with E-state index in [9.17, 15) is 4.79 Å². The number of nitrogens with zero attached hydrogens (tertiary/aromatic N) is 2.